The van der Waals surface area contributed by atoms with Gasteiger partial charge in [0.1, 0.15) is 5.69 Å². The minimum Gasteiger partial charge on any atom is -0.467 e. The normalized spacial score (nSPS) is 12.3. The molecule has 1 N–H and O–H groups in total. The van der Waals surface area contributed by atoms with Crippen LogP contribution in [-0.2, 0) is 15.7 Å². The lowest BCUT2D eigenvalue weighted by molar-refractivity contribution is -0.144. The van der Waals surface area contributed by atoms with Gasteiger partial charge in [-0.1, -0.05) is 18.2 Å². The number of hydrogen-bond donors (Lipinski definition) is 1. The van der Waals surface area contributed by atoms with E-state index < -0.39 is 35.2 Å². The molecule has 0 aliphatic rings. The molecule has 1 amide bonds. The first-order valence-corrected chi connectivity index (χ1v) is 6.65. The predicted molar refractivity (Wildman–Crippen MR) is 75.7 cm³/mol. The van der Waals surface area contributed by atoms with Gasteiger partial charge < -0.3 is 10.1 Å². The van der Waals surface area contributed by atoms with E-state index in [1.54, 1.807) is 0 Å². The van der Waals surface area contributed by atoms with Crippen molar-refractivity contribution in [3.63, 3.8) is 0 Å². The summed E-state index contributed by atoms with van der Waals surface area (Å²) >= 11 is 0. The number of rotatable bonds is 4. The first kappa shape index (κ1) is 17.4. The Balaban J connectivity index is 2.41. The van der Waals surface area contributed by atoms with Crippen LogP contribution >= 0.6 is 0 Å². The molecule has 126 valence electrons. The topological polar surface area (TPSA) is 81.2 Å². The molecule has 24 heavy (non-hydrogen) atoms. The van der Waals surface area contributed by atoms with Crippen molar-refractivity contribution in [1.82, 2.24) is 15.3 Å². The molecule has 0 bridgehead atoms. The molecule has 1 aromatic heterocycles. The largest absolute Gasteiger partial charge is 0.467 e. The van der Waals surface area contributed by atoms with Crippen LogP contribution in [-0.4, -0.2) is 29.0 Å². The molecule has 2 rings (SSSR count). The average Bonchev–Trinajstić information content (AvgIpc) is 2.59. The molecular weight excluding hydrogens is 327 g/mol. The van der Waals surface area contributed by atoms with Gasteiger partial charge in [-0.2, -0.15) is 13.2 Å². The Morgan fingerprint density at radius 1 is 1.21 bits per heavy atom. The molecule has 0 unspecified atom stereocenters. The molecule has 0 saturated heterocycles. The number of ether oxygens (including phenoxy) is 1. The number of carbonyl (C=O) groups is 2. The average molecular weight is 339 g/mol. The summed E-state index contributed by atoms with van der Waals surface area (Å²) in [5.74, 6) is -1.89. The van der Waals surface area contributed by atoms with Crippen LogP contribution in [0.15, 0.2) is 42.9 Å². The van der Waals surface area contributed by atoms with Crippen LogP contribution in [0.1, 0.15) is 27.7 Å². The van der Waals surface area contributed by atoms with E-state index in [1.807, 2.05) is 0 Å². The van der Waals surface area contributed by atoms with Crippen molar-refractivity contribution < 1.29 is 27.5 Å². The van der Waals surface area contributed by atoms with E-state index in [4.69, 9.17) is 0 Å². The highest BCUT2D eigenvalue weighted by Crippen LogP contribution is 2.34. The maximum atomic E-state index is 13.1. The third kappa shape index (κ3) is 3.86. The van der Waals surface area contributed by atoms with E-state index in [9.17, 15) is 22.8 Å². The van der Waals surface area contributed by atoms with Crippen molar-refractivity contribution >= 4 is 11.9 Å². The van der Waals surface area contributed by atoms with E-state index in [0.717, 1.165) is 25.4 Å². The maximum absolute atomic E-state index is 13.1. The van der Waals surface area contributed by atoms with E-state index in [1.165, 1.54) is 24.5 Å². The number of nitrogens with one attached hydrogen (secondary N) is 1. The van der Waals surface area contributed by atoms with Gasteiger partial charge in [0.25, 0.3) is 5.91 Å². The summed E-state index contributed by atoms with van der Waals surface area (Å²) < 4.78 is 44.0. The highest BCUT2D eigenvalue weighted by molar-refractivity contribution is 5.95. The number of alkyl halides is 3. The lowest BCUT2D eigenvalue weighted by Gasteiger charge is -2.20. The highest BCUT2D eigenvalue weighted by atomic mass is 19.4. The zero-order valence-corrected chi connectivity index (χ0v) is 12.4. The Kier molecular flexibility index (Phi) is 5.12. The Bertz CT molecular complexity index is 735. The van der Waals surface area contributed by atoms with Crippen LogP contribution in [0.4, 0.5) is 13.2 Å². The van der Waals surface area contributed by atoms with E-state index >= 15 is 0 Å². The third-order valence-electron chi connectivity index (χ3n) is 3.09. The summed E-state index contributed by atoms with van der Waals surface area (Å²) in [5, 5.41) is 2.20. The smallest absolute Gasteiger partial charge is 0.416 e. The Morgan fingerprint density at radius 3 is 2.50 bits per heavy atom. The van der Waals surface area contributed by atoms with Crippen LogP contribution in [0.2, 0.25) is 0 Å². The zero-order valence-electron chi connectivity index (χ0n) is 12.4. The molecule has 9 heteroatoms. The van der Waals surface area contributed by atoms with Crippen molar-refractivity contribution in [3.05, 3.63) is 59.7 Å². The summed E-state index contributed by atoms with van der Waals surface area (Å²) in [5.41, 5.74) is -1.61. The fourth-order valence-electron chi connectivity index (χ4n) is 2.01. The molecule has 0 aliphatic heterocycles. The first-order chi connectivity index (χ1) is 11.3. The second kappa shape index (κ2) is 7.07. The lowest BCUT2D eigenvalue weighted by Crippen LogP contribution is -2.36. The van der Waals surface area contributed by atoms with Crippen molar-refractivity contribution in [3.8, 4) is 0 Å². The Morgan fingerprint density at radius 2 is 1.92 bits per heavy atom. The monoisotopic (exact) mass is 339 g/mol. The molecule has 2 aromatic rings. The van der Waals surface area contributed by atoms with E-state index in [0.29, 0.717) is 0 Å². The minimum atomic E-state index is -4.69. The molecule has 0 spiro atoms. The summed E-state index contributed by atoms with van der Waals surface area (Å²) in [4.78, 5) is 31.4. The number of carbonyl (C=O) groups excluding carboxylic acids is 2. The van der Waals surface area contributed by atoms with E-state index in [2.05, 4.69) is 20.0 Å². The summed E-state index contributed by atoms with van der Waals surface area (Å²) in [6.45, 7) is 0. The molecule has 0 fully saturated rings. The summed E-state index contributed by atoms with van der Waals surface area (Å²) in [7, 11) is 1.01. The Hall–Kier alpha value is -2.97. The standard InChI is InChI=1S/C15H12F3N3O3/c1-24-14(23)12(21-13(22)11-8-19-6-7-20-11)9-4-2-3-5-10(9)15(16,17)18/h2-8,12H,1H3,(H,21,22)/t12-/m1/s1. The number of methoxy groups -OCH3 is 1. The molecule has 1 atom stereocenters. The number of hydrogen-bond acceptors (Lipinski definition) is 5. The van der Waals surface area contributed by atoms with E-state index in [-0.39, 0.29) is 5.69 Å². The predicted octanol–water partition coefficient (Wildman–Crippen LogP) is 2.14. The number of nitrogens with zero attached hydrogens (tertiary/aromatic N) is 2. The van der Waals surface area contributed by atoms with Crippen LogP contribution in [0.25, 0.3) is 0 Å². The molecule has 0 radical (unpaired) electrons. The SMILES string of the molecule is COC(=O)[C@H](NC(=O)c1cnccn1)c1ccccc1C(F)(F)F. The van der Waals surface area contributed by atoms with Gasteiger partial charge in [0.2, 0.25) is 0 Å². The van der Waals surface area contributed by atoms with Crippen LogP contribution in [0.5, 0.6) is 0 Å². The highest BCUT2D eigenvalue weighted by Gasteiger charge is 2.37. The van der Waals surface area contributed by atoms with Gasteiger partial charge in [0.05, 0.1) is 18.9 Å². The summed E-state index contributed by atoms with van der Waals surface area (Å²) in [6, 6.07) is 2.80. The van der Waals surface area contributed by atoms with Crippen molar-refractivity contribution in [2.75, 3.05) is 7.11 Å². The first-order valence-electron chi connectivity index (χ1n) is 6.65. The molecule has 1 aromatic carbocycles. The third-order valence-corrected chi connectivity index (χ3v) is 3.09. The van der Waals surface area contributed by atoms with Gasteiger partial charge in [0.15, 0.2) is 6.04 Å². The molecule has 0 aliphatic carbocycles. The van der Waals surface area contributed by atoms with Crippen LogP contribution in [0.3, 0.4) is 0 Å². The molecular formula is C15H12F3N3O3. The second-order valence-electron chi connectivity index (χ2n) is 4.61. The lowest BCUT2D eigenvalue weighted by atomic mass is 9.99. The van der Waals surface area contributed by atoms with Gasteiger partial charge in [-0.15, -0.1) is 0 Å². The molecule has 6 nitrogen and oxygen atoms in total. The number of halogens is 3. The number of aromatic nitrogens is 2. The second-order valence-corrected chi connectivity index (χ2v) is 4.61. The van der Waals surface area contributed by atoms with Crippen molar-refractivity contribution in [2.45, 2.75) is 12.2 Å². The van der Waals surface area contributed by atoms with Gasteiger partial charge >= 0.3 is 12.1 Å². The van der Waals surface area contributed by atoms with Gasteiger partial charge in [-0.25, -0.2) is 9.78 Å². The van der Waals surface area contributed by atoms with Crippen LogP contribution in [0, 0.1) is 0 Å². The summed E-state index contributed by atoms with van der Waals surface area (Å²) in [6.07, 6.45) is -1.00. The van der Waals surface area contributed by atoms with Crippen LogP contribution < -0.4 is 5.32 Å². The number of esters is 1. The Labute approximate surface area is 134 Å². The fourth-order valence-corrected chi connectivity index (χ4v) is 2.01. The van der Waals surface area contributed by atoms with Gasteiger partial charge in [-0.05, 0) is 11.6 Å². The fraction of sp³-hybridized carbons (Fsp3) is 0.200. The van der Waals surface area contributed by atoms with Crippen molar-refractivity contribution in [2.24, 2.45) is 0 Å². The van der Waals surface area contributed by atoms with Gasteiger partial charge in [0, 0.05) is 12.4 Å². The molecule has 1 heterocycles. The number of amides is 1. The number of benzene rings is 1. The maximum Gasteiger partial charge on any atom is 0.416 e. The van der Waals surface area contributed by atoms with Crippen molar-refractivity contribution in [1.29, 1.82) is 0 Å². The van der Waals surface area contributed by atoms with Gasteiger partial charge in [-0.3, -0.25) is 9.78 Å². The quantitative estimate of drug-likeness (QED) is 0.863. The zero-order chi connectivity index (χ0) is 17.7. The molecule has 0 saturated carbocycles. The minimum absolute atomic E-state index is 0.143.